The van der Waals surface area contributed by atoms with Gasteiger partial charge in [0.05, 0.1) is 16.8 Å². The molecule has 0 radical (unpaired) electrons. The average Bonchev–Trinajstić information content (AvgIpc) is 3.18. The first-order chi connectivity index (χ1) is 12.8. The lowest BCUT2D eigenvalue weighted by atomic mass is 10.1. The zero-order valence-electron chi connectivity index (χ0n) is 15.8. The highest BCUT2D eigenvalue weighted by molar-refractivity contribution is 5.80. The molecule has 27 heavy (non-hydrogen) atoms. The summed E-state index contributed by atoms with van der Waals surface area (Å²) in [6, 6.07) is 8.27. The van der Waals surface area contributed by atoms with Crippen molar-refractivity contribution in [3.63, 3.8) is 0 Å². The van der Waals surface area contributed by atoms with Crippen molar-refractivity contribution in [1.82, 2.24) is 9.55 Å². The number of hydrogen-bond acceptors (Lipinski definition) is 3. The molecule has 6 heteroatoms. The first kappa shape index (κ1) is 17.9. The summed E-state index contributed by atoms with van der Waals surface area (Å²) in [5.41, 5.74) is 1.78. The summed E-state index contributed by atoms with van der Waals surface area (Å²) in [6.07, 6.45) is 0.364. The Morgan fingerprint density at radius 1 is 1.22 bits per heavy atom. The van der Waals surface area contributed by atoms with Crippen LogP contribution >= 0.6 is 0 Å². The van der Waals surface area contributed by atoms with Crippen LogP contribution in [0.15, 0.2) is 30.3 Å². The van der Waals surface area contributed by atoms with Crippen LogP contribution in [0.5, 0.6) is 5.75 Å². The predicted molar refractivity (Wildman–Crippen MR) is 99.4 cm³/mol. The van der Waals surface area contributed by atoms with Gasteiger partial charge in [-0.3, -0.25) is 4.57 Å². The van der Waals surface area contributed by atoms with Gasteiger partial charge in [-0.15, -0.1) is 0 Å². The smallest absolute Gasteiger partial charge is 0.185 e. The maximum Gasteiger partial charge on any atom is 0.185 e. The van der Waals surface area contributed by atoms with E-state index >= 15 is 0 Å². The minimum atomic E-state index is -0.905. The Kier molecular flexibility index (Phi) is 4.18. The third-order valence-corrected chi connectivity index (χ3v) is 4.58. The first-order valence-corrected chi connectivity index (χ1v) is 9.09. The van der Waals surface area contributed by atoms with E-state index in [4.69, 9.17) is 9.47 Å². The van der Waals surface area contributed by atoms with Gasteiger partial charge in [-0.25, -0.2) is 13.8 Å². The number of fused-ring (bicyclic) bond motifs is 2. The summed E-state index contributed by atoms with van der Waals surface area (Å²) in [5.74, 6) is -0.525. The molecule has 1 atom stereocenters. The number of ether oxygens (including phenoxy) is 2. The molecule has 0 N–H and O–H groups in total. The molecule has 0 amide bonds. The Morgan fingerprint density at radius 3 is 2.70 bits per heavy atom. The molecular formula is C21H22F2N2O2. The molecular weight excluding hydrogens is 350 g/mol. The quantitative estimate of drug-likeness (QED) is 0.641. The molecule has 0 bridgehead atoms. The van der Waals surface area contributed by atoms with Gasteiger partial charge in [0.2, 0.25) is 0 Å². The largest absolute Gasteiger partial charge is 0.488 e. The van der Waals surface area contributed by atoms with Crippen LogP contribution in [0.1, 0.15) is 45.2 Å². The summed E-state index contributed by atoms with van der Waals surface area (Å²) < 4.78 is 42.3. The molecule has 1 aliphatic heterocycles. The van der Waals surface area contributed by atoms with E-state index in [1.807, 2.05) is 45.9 Å². The monoisotopic (exact) mass is 372 g/mol. The minimum absolute atomic E-state index is 0.129. The van der Waals surface area contributed by atoms with Gasteiger partial charge in [0, 0.05) is 12.0 Å². The highest BCUT2D eigenvalue weighted by Crippen LogP contribution is 2.42. The highest BCUT2D eigenvalue weighted by Gasteiger charge is 2.32. The summed E-state index contributed by atoms with van der Waals surface area (Å²) >= 11 is 0. The van der Waals surface area contributed by atoms with Crippen LogP contribution in [-0.2, 0) is 11.2 Å². The number of imidazole rings is 1. The number of aryl methyl sites for hydroxylation is 1. The van der Waals surface area contributed by atoms with Gasteiger partial charge < -0.3 is 9.47 Å². The molecule has 1 aromatic heterocycles. The summed E-state index contributed by atoms with van der Waals surface area (Å²) in [4.78, 5) is 4.48. The fourth-order valence-electron chi connectivity index (χ4n) is 3.55. The maximum atomic E-state index is 14.6. The maximum absolute atomic E-state index is 14.6. The van der Waals surface area contributed by atoms with Crippen LogP contribution in [0.4, 0.5) is 8.78 Å². The van der Waals surface area contributed by atoms with Crippen LogP contribution in [-0.4, -0.2) is 21.8 Å². The Balaban J connectivity index is 1.93. The van der Waals surface area contributed by atoms with Crippen LogP contribution in [0.3, 0.4) is 0 Å². The van der Waals surface area contributed by atoms with Gasteiger partial charge in [0.25, 0.3) is 0 Å². The van der Waals surface area contributed by atoms with Crippen LogP contribution in [0.25, 0.3) is 16.7 Å². The molecule has 2 aromatic carbocycles. The molecule has 2 heterocycles. The van der Waals surface area contributed by atoms with E-state index in [2.05, 4.69) is 4.98 Å². The van der Waals surface area contributed by atoms with E-state index in [0.29, 0.717) is 35.8 Å². The van der Waals surface area contributed by atoms with Gasteiger partial charge in [-0.05, 0) is 39.0 Å². The zero-order chi connectivity index (χ0) is 19.3. The Labute approximate surface area is 156 Å². The topological polar surface area (TPSA) is 36.3 Å². The lowest BCUT2D eigenvalue weighted by molar-refractivity contribution is -0.0671. The molecule has 0 fully saturated rings. The van der Waals surface area contributed by atoms with E-state index in [9.17, 15) is 8.78 Å². The van der Waals surface area contributed by atoms with Crippen molar-refractivity contribution in [2.45, 2.75) is 45.8 Å². The van der Waals surface area contributed by atoms with Gasteiger partial charge in [-0.1, -0.05) is 19.1 Å². The fourth-order valence-corrected chi connectivity index (χ4v) is 3.55. The third-order valence-electron chi connectivity index (χ3n) is 4.58. The van der Waals surface area contributed by atoms with Crippen molar-refractivity contribution >= 4 is 11.0 Å². The van der Waals surface area contributed by atoms with Gasteiger partial charge in [0.1, 0.15) is 29.8 Å². The molecule has 0 saturated heterocycles. The lowest BCUT2D eigenvalue weighted by Gasteiger charge is -2.24. The summed E-state index contributed by atoms with van der Waals surface area (Å²) in [5, 5.41) is 0. The first-order valence-electron chi connectivity index (χ1n) is 9.09. The Morgan fingerprint density at radius 2 is 2.00 bits per heavy atom. The molecule has 3 aromatic rings. The highest BCUT2D eigenvalue weighted by atomic mass is 19.2. The van der Waals surface area contributed by atoms with Gasteiger partial charge >= 0.3 is 0 Å². The van der Waals surface area contributed by atoms with E-state index in [-0.39, 0.29) is 17.2 Å². The van der Waals surface area contributed by atoms with Crippen LogP contribution in [0.2, 0.25) is 0 Å². The SMILES string of the molecule is CCc1nc2ccc(F)c(F)c2n1-c1cccc2c1OC[C@H]2OC(C)(C)C. The van der Waals surface area contributed by atoms with Crippen molar-refractivity contribution in [3.05, 3.63) is 53.4 Å². The van der Waals surface area contributed by atoms with Crippen molar-refractivity contribution in [3.8, 4) is 11.4 Å². The number of halogens is 2. The molecule has 0 saturated carbocycles. The molecule has 0 unspecified atom stereocenters. The van der Waals surface area contributed by atoms with Crippen molar-refractivity contribution < 1.29 is 18.3 Å². The second-order valence-corrected chi connectivity index (χ2v) is 7.67. The molecule has 1 aliphatic rings. The summed E-state index contributed by atoms with van der Waals surface area (Å²) in [6.45, 7) is 8.29. The second kappa shape index (κ2) is 6.30. The standard InChI is InChI=1S/C21H22F2N2O2/c1-5-17-24-14-10-9-13(22)18(23)19(14)25(17)15-8-6-7-12-16(11-26-20(12)15)27-21(2,3)4/h6-10,16H,5,11H2,1-4H3/t16-/m1/s1. The Hall–Kier alpha value is -2.47. The number of nitrogens with zero attached hydrogens (tertiary/aromatic N) is 2. The second-order valence-electron chi connectivity index (χ2n) is 7.67. The van der Waals surface area contributed by atoms with E-state index in [1.165, 1.54) is 6.07 Å². The summed E-state index contributed by atoms with van der Waals surface area (Å²) in [7, 11) is 0. The van der Waals surface area contributed by atoms with Gasteiger partial charge in [0.15, 0.2) is 11.6 Å². The lowest BCUT2D eigenvalue weighted by Crippen LogP contribution is -2.23. The third kappa shape index (κ3) is 2.98. The number of hydrogen-bond donors (Lipinski definition) is 0. The van der Waals surface area contributed by atoms with Gasteiger partial charge in [-0.2, -0.15) is 0 Å². The molecule has 4 nitrogen and oxygen atoms in total. The Bertz CT molecular complexity index is 1020. The number of rotatable bonds is 3. The van der Waals surface area contributed by atoms with Crippen LogP contribution in [0, 0.1) is 11.6 Å². The molecule has 0 spiro atoms. The van der Waals surface area contributed by atoms with Crippen molar-refractivity contribution in [2.24, 2.45) is 0 Å². The van der Waals surface area contributed by atoms with E-state index in [0.717, 1.165) is 11.6 Å². The fraction of sp³-hybridized carbons (Fsp3) is 0.381. The van der Waals surface area contributed by atoms with E-state index < -0.39 is 11.6 Å². The van der Waals surface area contributed by atoms with E-state index in [1.54, 1.807) is 4.57 Å². The zero-order valence-corrected chi connectivity index (χ0v) is 15.8. The van der Waals surface area contributed by atoms with Crippen molar-refractivity contribution in [2.75, 3.05) is 6.61 Å². The number of benzene rings is 2. The molecule has 0 aliphatic carbocycles. The average molecular weight is 372 g/mol. The minimum Gasteiger partial charge on any atom is -0.488 e. The predicted octanol–water partition coefficient (Wildman–Crippen LogP) is 5.11. The van der Waals surface area contributed by atoms with Crippen LogP contribution < -0.4 is 4.74 Å². The normalized spacial score (nSPS) is 16.6. The molecule has 4 rings (SSSR count). The molecule has 142 valence electrons. The number of aromatic nitrogens is 2. The van der Waals surface area contributed by atoms with Crippen molar-refractivity contribution in [1.29, 1.82) is 0 Å². The number of para-hydroxylation sites is 1.